The number of aromatic nitrogens is 2. The Morgan fingerprint density at radius 1 is 1.38 bits per heavy atom. The van der Waals surface area contributed by atoms with Gasteiger partial charge in [-0.2, -0.15) is 4.98 Å². The van der Waals surface area contributed by atoms with E-state index < -0.39 is 0 Å². The number of halogens is 1. The van der Waals surface area contributed by atoms with Crippen molar-refractivity contribution in [2.75, 3.05) is 18.9 Å². The number of amides is 1. The van der Waals surface area contributed by atoms with Crippen molar-refractivity contribution in [3.8, 4) is 11.4 Å². The van der Waals surface area contributed by atoms with Gasteiger partial charge in [-0.05, 0) is 30.7 Å². The quantitative estimate of drug-likeness (QED) is 0.935. The lowest BCUT2D eigenvalue weighted by Gasteiger charge is -2.29. The largest absolute Gasteiger partial charge is 0.344 e. The Bertz CT molecular complexity index is 641. The molecule has 1 atom stereocenters. The SMILES string of the molecule is CN1CC(Nc2nc(-c3ccc(F)cc3)no2)CCC1=O. The molecule has 1 saturated heterocycles. The van der Waals surface area contributed by atoms with Gasteiger partial charge >= 0.3 is 6.01 Å². The maximum absolute atomic E-state index is 12.9. The van der Waals surface area contributed by atoms with Crippen LogP contribution in [0.2, 0.25) is 0 Å². The zero-order valence-electron chi connectivity index (χ0n) is 11.5. The van der Waals surface area contributed by atoms with Gasteiger partial charge in [-0.1, -0.05) is 5.16 Å². The minimum Gasteiger partial charge on any atom is -0.344 e. The molecule has 1 aliphatic rings. The molecule has 21 heavy (non-hydrogen) atoms. The number of benzene rings is 1. The molecule has 0 bridgehead atoms. The first-order chi connectivity index (χ1) is 10.1. The van der Waals surface area contributed by atoms with Gasteiger partial charge in [0.25, 0.3) is 0 Å². The second-order valence-corrected chi connectivity index (χ2v) is 5.08. The molecular weight excluding hydrogens is 275 g/mol. The maximum atomic E-state index is 12.9. The number of likely N-dealkylation sites (tertiary alicyclic amines) is 1. The molecule has 1 unspecified atom stereocenters. The number of hydrogen-bond donors (Lipinski definition) is 1. The predicted molar refractivity (Wildman–Crippen MR) is 74.0 cm³/mol. The van der Waals surface area contributed by atoms with E-state index in [1.54, 1.807) is 24.1 Å². The van der Waals surface area contributed by atoms with Gasteiger partial charge in [-0.15, -0.1) is 0 Å². The summed E-state index contributed by atoms with van der Waals surface area (Å²) in [6, 6.07) is 6.28. The van der Waals surface area contributed by atoms with Crippen LogP contribution in [0.4, 0.5) is 10.4 Å². The van der Waals surface area contributed by atoms with E-state index in [4.69, 9.17) is 4.52 Å². The van der Waals surface area contributed by atoms with Crippen LogP contribution in [0.15, 0.2) is 28.8 Å². The van der Waals surface area contributed by atoms with Gasteiger partial charge in [0.05, 0.1) is 0 Å². The van der Waals surface area contributed by atoms with Crippen molar-refractivity contribution in [1.29, 1.82) is 0 Å². The van der Waals surface area contributed by atoms with Gasteiger partial charge < -0.3 is 14.7 Å². The number of likely N-dealkylation sites (N-methyl/N-ethyl adjacent to an activating group) is 1. The monoisotopic (exact) mass is 290 g/mol. The fourth-order valence-electron chi connectivity index (χ4n) is 2.30. The highest BCUT2D eigenvalue weighted by Gasteiger charge is 2.24. The summed E-state index contributed by atoms with van der Waals surface area (Å²) in [6.07, 6.45) is 1.24. The number of nitrogens with zero attached hydrogens (tertiary/aromatic N) is 3. The van der Waals surface area contributed by atoms with E-state index >= 15 is 0 Å². The fourth-order valence-corrected chi connectivity index (χ4v) is 2.30. The lowest BCUT2D eigenvalue weighted by Crippen LogP contribution is -2.43. The first-order valence-corrected chi connectivity index (χ1v) is 6.72. The third-order valence-electron chi connectivity index (χ3n) is 3.48. The molecule has 1 N–H and O–H groups in total. The van der Waals surface area contributed by atoms with E-state index in [1.807, 2.05) is 0 Å². The molecule has 1 fully saturated rings. The number of nitrogens with one attached hydrogen (secondary N) is 1. The first kappa shape index (κ1) is 13.5. The van der Waals surface area contributed by atoms with Gasteiger partial charge in [0.15, 0.2) is 0 Å². The number of carbonyl (C=O) groups excluding carboxylic acids is 1. The van der Waals surface area contributed by atoms with Gasteiger partial charge in [0.1, 0.15) is 5.82 Å². The van der Waals surface area contributed by atoms with Gasteiger partial charge in [0, 0.05) is 31.6 Å². The summed E-state index contributed by atoms with van der Waals surface area (Å²) in [5, 5.41) is 6.99. The summed E-state index contributed by atoms with van der Waals surface area (Å²) in [5.74, 6) is 0.235. The van der Waals surface area contributed by atoms with E-state index in [0.717, 1.165) is 6.42 Å². The Morgan fingerprint density at radius 3 is 2.86 bits per heavy atom. The number of hydrogen-bond acceptors (Lipinski definition) is 5. The summed E-state index contributed by atoms with van der Waals surface area (Å²) in [7, 11) is 1.77. The van der Waals surface area contributed by atoms with Crippen LogP contribution in [0.1, 0.15) is 12.8 Å². The molecule has 0 saturated carbocycles. The maximum Gasteiger partial charge on any atom is 0.322 e. The minimum atomic E-state index is -0.310. The number of piperidine rings is 1. The second-order valence-electron chi connectivity index (χ2n) is 5.08. The van der Waals surface area contributed by atoms with Crippen molar-refractivity contribution in [2.45, 2.75) is 18.9 Å². The van der Waals surface area contributed by atoms with Gasteiger partial charge in [-0.25, -0.2) is 4.39 Å². The van der Waals surface area contributed by atoms with Crippen LogP contribution in [0.5, 0.6) is 0 Å². The average molecular weight is 290 g/mol. The molecule has 0 radical (unpaired) electrons. The van der Waals surface area contributed by atoms with E-state index in [1.165, 1.54) is 12.1 Å². The van der Waals surface area contributed by atoms with Crippen molar-refractivity contribution in [3.63, 3.8) is 0 Å². The van der Waals surface area contributed by atoms with Crippen LogP contribution < -0.4 is 5.32 Å². The third kappa shape index (κ3) is 3.01. The first-order valence-electron chi connectivity index (χ1n) is 6.72. The highest BCUT2D eigenvalue weighted by atomic mass is 19.1. The number of rotatable bonds is 3. The van der Waals surface area contributed by atoms with Crippen LogP contribution >= 0.6 is 0 Å². The number of carbonyl (C=O) groups is 1. The Hall–Kier alpha value is -2.44. The minimum absolute atomic E-state index is 0.0919. The Kier molecular flexibility index (Phi) is 3.55. The highest BCUT2D eigenvalue weighted by molar-refractivity contribution is 5.76. The fraction of sp³-hybridized carbons (Fsp3) is 0.357. The van der Waals surface area contributed by atoms with Crippen molar-refractivity contribution >= 4 is 11.9 Å². The smallest absolute Gasteiger partial charge is 0.322 e. The molecule has 2 aromatic rings. The standard InChI is InChI=1S/C14H15FN4O2/c1-19-8-11(6-7-12(19)20)16-14-17-13(18-21-14)9-2-4-10(15)5-3-9/h2-5,11H,6-8H2,1H3,(H,16,17,18). The zero-order valence-corrected chi connectivity index (χ0v) is 11.5. The molecule has 1 amide bonds. The summed E-state index contributed by atoms with van der Waals surface area (Å²) < 4.78 is 18.0. The summed E-state index contributed by atoms with van der Waals surface area (Å²) in [6.45, 7) is 0.604. The van der Waals surface area contributed by atoms with E-state index in [-0.39, 0.29) is 17.8 Å². The summed E-state index contributed by atoms with van der Waals surface area (Å²) in [5.41, 5.74) is 0.684. The summed E-state index contributed by atoms with van der Waals surface area (Å²) in [4.78, 5) is 17.3. The Balaban J connectivity index is 1.68. The topological polar surface area (TPSA) is 71.3 Å². The normalized spacial score (nSPS) is 18.9. The molecule has 0 aliphatic carbocycles. The third-order valence-corrected chi connectivity index (χ3v) is 3.48. The molecule has 1 aliphatic heterocycles. The Morgan fingerprint density at radius 2 is 2.14 bits per heavy atom. The number of anilines is 1. The van der Waals surface area contributed by atoms with Crippen molar-refractivity contribution < 1.29 is 13.7 Å². The van der Waals surface area contributed by atoms with Crippen LogP contribution in [-0.2, 0) is 4.79 Å². The lowest BCUT2D eigenvalue weighted by molar-refractivity contribution is -0.132. The van der Waals surface area contributed by atoms with Gasteiger partial charge in [0.2, 0.25) is 11.7 Å². The predicted octanol–water partition coefficient (Wildman–Crippen LogP) is 1.91. The molecule has 2 heterocycles. The van der Waals surface area contributed by atoms with Gasteiger partial charge in [-0.3, -0.25) is 4.79 Å². The lowest BCUT2D eigenvalue weighted by atomic mass is 10.1. The summed E-state index contributed by atoms with van der Waals surface area (Å²) >= 11 is 0. The molecular formula is C14H15FN4O2. The molecule has 1 aromatic heterocycles. The van der Waals surface area contributed by atoms with Crippen LogP contribution in [-0.4, -0.2) is 40.6 Å². The molecule has 110 valence electrons. The molecule has 1 aromatic carbocycles. The Labute approximate surface area is 120 Å². The van der Waals surface area contributed by atoms with Crippen molar-refractivity contribution in [3.05, 3.63) is 30.1 Å². The average Bonchev–Trinajstić information content (AvgIpc) is 2.92. The van der Waals surface area contributed by atoms with E-state index in [0.29, 0.717) is 30.4 Å². The van der Waals surface area contributed by atoms with Crippen molar-refractivity contribution in [1.82, 2.24) is 15.0 Å². The molecule has 0 spiro atoms. The van der Waals surface area contributed by atoms with E-state index in [2.05, 4.69) is 15.5 Å². The van der Waals surface area contributed by atoms with Crippen LogP contribution in [0.25, 0.3) is 11.4 Å². The second kappa shape index (κ2) is 5.51. The van der Waals surface area contributed by atoms with Crippen LogP contribution in [0.3, 0.4) is 0 Å². The molecule has 7 heteroatoms. The molecule has 3 rings (SSSR count). The molecule has 6 nitrogen and oxygen atoms in total. The van der Waals surface area contributed by atoms with E-state index in [9.17, 15) is 9.18 Å². The van der Waals surface area contributed by atoms with Crippen LogP contribution in [0, 0.1) is 5.82 Å². The zero-order chi connectivity index (χ0) is 14.8. The highest BCUT2D eigenvalue weighted by Crippen LogP contribution is 2.20. The van der Waals surface area contributed by atoms with Crippen molar-refractivity contribution in [2.24, 2.45) is 0 Å².